The third kappa shape index (κ3) is 4.04. The van der Waals surface area contributed by atoms with E-state index in [0.29, 0.717) is 28.8 Å². The fourth-order valence-corrected chi connectivity index (χ4v) is 4.00. The molecular weight excluding hydrogens is 388 g/mol. The van der Waals surface area contributed by atoms with Gasteiger partial charge in [0.15, 0.2) is 5.69 Å². The number of ether oxygens (including phenoxy) is 1. The van der Waals surface area contributed by atoms with Crippen molar-refractivity contribution in [2.75, 3.05) is 25.1 Å². The molecule has 0 bridgehead atoms. The first-order valence-electron chi connectivity index (χ1n) is 10.5. The zero-order valence-electron chi connectivity index (χ0n) is 18.1. The molecule has 0 amide bonds. The molecular formula is C25H26N4O2. The molecule has 0 spiro atoms. The second-order valence-electron chi connectivity index (χ2n) is 8.06. The maximum Gasteiger partial charge on any atom is 0.263 e. The summed E-state index contributed by atoms with van der Waals surface area (Å²) in [5.41, 5.74) is 3.27. The van der Waals surface area contributed by atoms with E-state index in [0.717, 1.165) is 42.8 Å². The Morgan fingerprint density at radius 3 is 2.23 bits per heavy atom. The molecule has 0 radical (unpaired) electrons. The van der Waals surface area contributed by atoms with Crippen LogP contribution in [-0.4, -0.2) is 29.8 Å². The minimum Gasteiger partial charge on any atom is -0.497 e. The SMILES string of the molecule is [C-]#[N+]c1ccc(-c2nc(N3CCC(C)CC3)n(C)c(=O)c2-c2ccc(OC)cc2)cc1. The zero-order chi connectivity index (χ0) is 22.0. The van der Waals surface area contributed by atoms with E-state index in [4.69, 9.17) is 16.3 Å². The molecule has 1 aromatic heterocycles. The van der Waals surface area contributed by atoms with Crippen LogP contribution in [-0.2, 0) is 7.05 Å². The van der Waals surface area contributed by atoms with Crippen LogP contribution < -0.4 is 15.2 Å². The van der Waals surface area contributed by atoms with Gasteiger partial charge in [-0.05, 0) is 42.0 Å². The van der Waals surface area contributed by atoms with Crippen LogP contribution in [0.2, 0.25) is 0 Å². The number of anilines is 1. The molecule has 0 unspecified atom stereocenters. The number of benzene rings is 2. The van der Waals surface area contributed by atoms with Crippen molar-refractivity contribution in [3.63, 3.8) is 0 Å². The highest BCUT2D eigenvalue weighted by Crippen LogP contribution is 2.32. The molecule has 1 aliphatic heterocycles. The number of nitrogens with zero attached hydrogens (tertiary/aromatic N) is 4. The van der Waals surface area contributed by atoms with Crippen LogP contribution in [0.25, 0.3) is 27.2 Å². The third-order valence-corrected chi connectivity index (χ3v) is 5.98. The van der Waals surface area contributed by atoms with Crippen molar-refractivity contribution in [2.45, 2.75) is 19.8 Å². The molecule has 1 aliphatic rings. The topological polar surface area (TPSA) is 51.7 Å². The van der Waals surface area contributed by atoms with Gasteiger partial charge in [0, 0.05) is 20.1 Å². The summed E-state index contributed by atoms with van der Waals surface area (Å²) >= 11 is 0. The summed E-state index contributed by atoms with van der Waals surface area (Å²) in [4.78, 5) is 24.3. The summed E-state index contributed by atoms with van der Waals surface area (Å²) in [6.07, 6.45) is 2.18. The van der Waals surface area contributed by atoms with Gasteiger partial charge in [-0.2, -0.15) is 0 Å². The standard InChI is InChI=1S/C25H26N4O2/c1-17-13-15-29(16-14-17)25-27-23(19-5-9-20(26-2)10-6-19)22(24(30)28(25)3)18-7-11-21(31-4)12-8-18/h5-12,17H,13-16H2,1,3-4H3. The largest absolute Gasteiger partial charge is 0.497 e. The van der Waals surface area contributed by atoms with E-state index in [-0.39, 0.29) is 5.56 Å². The molecule has 0 aliphatic carbocycles. The van der Waals surface area contributed by atoms with Crippen LogP contribution in [0.15, 0.2) is 53.3 Å². The van der Waals surface area contributed by atoms with Gasteiger partial charge < -0.3 is 9.64 Å². The van der Waals surface area contributed by atoms with Gasteiger partial charge in [0.05, 0.1) is 24.9 Å². The van der Waals surface area contributed by atoms with Gasteiger partial charge in [0.1, 0.15) is 5.75 Å². The molecule has 6 nitrogen and oxygen atoms in total. The average molecular weight is 415 g/mol. The second-order valence-corrected chi connectivity index (χ2v) is 8.06. The molecule has 6 heteroatoms. The lowest BCUT2D eigenvalue weighted by Gasteiger charge is -2.32. The van der Waals surface area contributed by atoms with Crippen molar-refractivity contribution in [1.82, 2.24) is 9.55 Å². The first kappa shape index (κ1) is 20.7. The minimum absolute atomic E-state index is 0.0851. The fraction of sp³-hybridized carbons (Fsp3) is 0.320. The summed E-state index contributed by atoms with van der Waals surface area (Å²) < 4.78 is 6.93. The molecule has 0 N–H and O–H groups in total. The van der Waals surface area contributed by atoms with Crippen molar-refractivity contribution >= 4 is 11.6 Å². The molecule has 158 valence electrons. The lowest BCUT2D eigenvalue weighted by Crippen LogP contribution is -2.38. The van der Waals surface area contributed by atoms with Gasteiger partial charge in [-0.3, -0.25) is 9.36 Å². The summed E-state index contributed by atoms with van der Waals surface area (Å²) in [6.45, 7) is 11.3. The van der Waals surface area contributed by atoms with Crippen LogP contribution >= 0.6 is 0 Å². The van der Waals surface area contributed by atoms with E-state index in [2.05, 4.69) is 16.7 Å². The molecule has 2 heterocycles. The highest BCUT2D eigenvalue weighted by atomic mass is 16.5. The zero-order valence-corrected chi connectivity index (χ0v) is 18.1. The Morgan fingerprint density at radius 2 is 1.65 bits per heavy atom. The molecule has 3 aromatic rings. The number of aromatic nitrogens is 2. The maximum atomic E-state index is 13.6. The number of rotatable bonds is 4. The van der Waals surface area contributed by atoms with Gasteiger partial charge in [0.2, 0.25) is 5.95 Å². The fourth-order valence-electron chi connectivity index (χ4n) is 4.00. The van der Waals surface area contributed by atoms with Gasteiger partial charge >= 0.3 is 0 Å². The molecule has 31 heavy (non-hydrogen) atoms. The van der Waals surface area contributed by atoms with E-state index in [1.54, 1.807) is 30.9 Å². The monoisotopic (exact) mass is 414 g/mol. The average Bonchev–Trinajstić information content (AvgIpc) is 2.81. The molecule has 1 fully saturated rings. The minimum atomic E-state index is -0.0851. The van der Waals surface area contributed by atoms with Crippen LogP contribution in [0.3, 0.4) is 0 Å². The lowest BCUT2D eigenvalue weighted by atomic mass is 9.99. The van der Waals surface area contributed by atoms with Crippen molar-refractivity contribution in [3.8, 4) is 28.1 Å². The van der Waals surface area contributed by atoms with Crippen molar-refractivity contribution in [3.05, 3.63) is 70.3 Å². The maximum absolute atomic E-state index is 13.6. The van der Waals surface area contributed by atoms with Crippen LogP contribution in [0.5, 0.6) is 5.75 Å². The summed E-state index contributed by atoms with van der Waals surface area (Å²) in [6, 6.07) is 14.7. The Kier molecular flexibility index (Phi) is 5.77. The predicted octanol–water partition coefficient (Wildman–Crippen LogP) is 4.91. The van der Waals surface area contributed by atoms with E-state index >= 15 is 0 Å². The lowest BCUT2D eigenvalue weighted by molar-refractivity contribution is 0.415. The van der Waals surface area contributed by atoms with Crippen molar-refractivity contribution in [1.29, 1.82) is 0 Å². The predicted molar refractivity (Wildman–Crippen MR) is 124 cm³/mol. The Labute approximate surface area is 182 Å². The molecule has 1 saturated heterocycles. The second kappa shape index (κ2) is 8.65. The van der Waals surface area contributed by atoms with E-state index < -0.39 is 0 Å². The van der Waals surface area contributed by atoms with Gasteiger partial charge in [0.25, 0.3) is 5.56 Å². The number of methoxy groups -OCH3 is 1. The number of hydrogen-bond donors (Lipinski definition) is 0. The van der Waals surface area contributed by atoms with E-state index in [1.807, 2.05) is 36.4 Å². The Morgan fingerprint density at radius 1 is 1.03 bits per heavy atom. The molecule has 4 rings (SSSR count). The summed E-state index contributed by atoms with van der Waals surface area (Å²) in [5, 5.41) is 0. The smallest absolute Gasteiger partial charge is 0.263 e. The Bertz CT molecular complexity index is 1170. The van der Waals surface area contributed by atoms with Gasteiger partial charge in [-0.25, -0.2) is 9.83 Å². The van der Waals surface area contributed by atoms with Gasteiger partial charge in [-0.15, -0.1) is 0 Å². The summed E-state index contributed by atoms with van der Waals surface area (Å²) in [7, 11) is 3.41. The van der Waals surface area contributed by atoms with E-state index in [1.165, 1.54) is 0 Å². The van der Waals surface area contributed by atoms with Crippen molar-refractivity contribution in [2.24, 2.45) is 13.0 Å². The van der Waals surface area contributed by atoms with Crippen LogP contribution in [0.4, 0.5) is 11.6 Å². The first-order chi connectivity index (χ1) is 15.0. The van der Waals surface area contributed by atoms with E-state index in [9.17, 15) is 4.79 Å². The first-order valence-corrected chi connectivity index (χ1v) is 10.5. The van der Waals surface area contributed by atoms with Crippen LogP contribution in [0.1, 0.15) is 19.8 Å². The summed E-state index contributed by atoms with van der Waals surface area (Å²) in [5.74, 6) is 2.11. The third-order valence-electron chi connectivity index (χ3n) is 5.98. The molecule has 2 aromatic carbocycles. The van der Waals surface area contributed by atoms with Crippen LogP contribution in [0, 0.1) is 12.5 Å². The molecule has 0 saturated carbocycles. The number of piperidine rings is 1. The van der Waals surface area contributed by atoms with Gasteiger partial charge in [-0.1, -0.05) is 43.3 Å². The Balaban J connectivity index is 1.91. The quantitative estimate of drug-likeness (QED) is 0.569. The normalized spacial score (nSPS) is 14.3. The number of hydrogen-bond acceptors (Lipinski definition) is 4. The highest BCUT2D eigenvalue weighted by molar-refractivity contribution is 5.81. The molecule has 0 atom stereocenters. The highest BCUT2D eigenvalue weighted by Gasteiger charge is 2.23. The van der Waals surface area contributed by atoms with Crippen molar-refractivity contribution < 1.29 is 4.74 Å². The Hall–Kier alpha value is -3.59.